The van der Waals surface area contributed by atoms with E-state index in [9.17, 15) is 21.6 Å². The number of halogens is 4. The molecule has 0 bridgehead atoms. The van der Waals surface area contributed by atoms with Crippen molar-refractivity contribution in [3.05, 3.63) is 53.1 Å². The molecule has 3 nitrogen and oxygen atoms in total. The summed E-state index contributed by atoms with van der Waals surface area (Å²) in [4.78, 5) is -1.12. The normalized spacial score (nSPS) is 12.4. The molecular formula is C13H9ClF3NO2S. The Morgan fingerprint density at radius 1 is 1.00 bits per heavy atom. The zero-order valence-corrected chi connectivity index (χ0v) is 11.9. The average Bonchev–Trinajstić information content (AvgIpc) is 2.38. The van der Waals surface area contributed by atoms with Gasteiger partial charge in [0, 0.05) is 10.7 Å². The summed E-state index contributed by atoms with van der Waals surface area (Å²) in [7, 11) is -4.32. The molecule has 8 heteroatoms. The third-order valence-corrected chi connectivity index (χ3v) is 4.80. The summed E-state index contributed by atoms with van der Waals surface area (Å²) in [5.74, 6) is 0. The van der Waals surface area contributed by atoms with Crippen LogP contribution < -0.4 is 5.73 Å². The molecule has 2 rings (SSSR count). The molecule has 21 heavy (non-hydrogen) atoms. The summed E-state index contributed by atoms with van der Waals surface area (Å²) >= 11 is 5.64. The molecule has 0 radical (unpaired) electrons. The van der Waals surface area contributed by atoms with E-state index in [1.807, 2.05) is 0 Å². The number of hydrogen-bond donors (Lipinski definition) is 1. The van der Waals surface area contributed by atoms with Gasteiger partial charge in [0.2, 0.25) is 9.84 Å². The van der Waals surface area contributed by atoms with Crippen molar-refractivity contribution in [3.63, 3.8) is 0 Å². The van der Waals surface area contributed by atoms with E-state index in [1.54, 1.807) is 0 Å². The van der Waals surface area contributed by atoms with Gasteiger partial charge in [-0.2, -0.15) is 13.2 Å². The van der Waals surface area contributed by atoms with Gasteiger partial charge < -0.3 is 5.73 Å². The van der Waals surface area contributed by atoms with E-state index in [0.29, 0.717) is 6.07 Å². The lowest BCUT2D eigenvalue weighted by molar-refractivity contribution is -0.139. The molecule has 0 spiro atoms. The number of rotatable bonds is 2. The minimum Gasteiger partial charge on any atom is -0.399 e. The fourth-order valence-corrected chi connectivity index (χ4v) is 3.33. The first-order valence-corrected chi connectivity index (χ1v) is 7.46. The van der Waals surface area contributed by atoms with Gasteiger partial charge in [-0.25, -0.2) is 8.42 Å². The standard InChI is InChI=1S/C13H9ClF3NO2S/c14-8-1-4-10(5-2-8)21(19,20)12-6-3-9(18)7-11(12)13(15,16)17/h1-7H,18H2. The van der Waals surface area contributed by atoms with Crippen LogP contribution in [0.1, 0.15) is 5.56 Å². The van der Waals surface area contributed by atoms with Crippen LogP contribution in [-0.2, 0) is 16.0 Å². The number of nitrogens with two attached hydrogens (primary N) is 1. The summed E-state index contributed by atoms with van der Waals surface area (Å²) < 4.78 is 63.7. The van der Waals surface area contributed by atoms with E-state index < -0.39 is 26.5 Å². The van der Waals surface area contributed by atoms with Gasteiger partial charge in [0.15, 0.2) is 0 Å². The molecule has 0 saturated carbocycles. The minimum atomic E-state index is -4.83. The largest absolute Gasteiger partial charge is 0.417 e. The summed E-state index contributed by atoms with van der Waals surface area (Å²) in [6.07, 6.45) is -4.83. The molecule has 0 fully saturated rings. The van der Waals surface area contributed by atoms with E-state index in [0.717, 1.165) is 24.3 Å². The van der Waals surface area contributed by atoms with Crippen LogP contribution in [0.5, 0.6) is 0 Å². The van der Waals surface area contributed by atoms with E-state index in [2.05, 4.69) is 0 Å². The number of alkyl halides is 3. The van der Waals surface area contributed by atoms with Crippen LogP contribution in [0.4, 0.5) is 18.9 Å². The Hall–Kier alpha value is -1.73. The average molecular weight is 336 g/mol. The van der Waals surface area contributed by atoms with Crippen molar-refractivity contribution in [1.82, 2.24) is 0 Å². The van der Waals surface area contributed by atoms with Crippen LogP contribution >= 0.6 is 11.6 Å². The van der Waals surface area contributed by atoms with Gasteiger partial charge in [-0.05, 0) is 42.5 Å². The Kier molecular flexibility index (Phi) is 3.90. The lowest BCUT2D eigenvalue weighted by Gasteiger charge is -2.14. The SMILES string of the molecule is Nc1ccc(S(=O)(=O)c2ccc(Cl)cc2)c(C(F)(F)F)c1. The lowest BCUT2D eigenvalue weighted by atomic mass is 10.2. The first-order valence-electron chi connectivity index (χ1n) is 5.60. The maximum atomic E-state index is 13.0. The Labute approximate surface area is 124 Å². The molecule has 0 amide bonds. The predicted molar refractivity (Wildman–Crippen MR) is 72.8 cm³/mol. The number of benzene rings is 2. The smallest absolute Gasteiger partial charge is 0.399 e. The van der Waals surface area contributed by atoms with Crippen molar-refractivity contribution in [2.45, 2.75) is 16.0 Å². The Bertz CT molecular complexity index is 771. The molecule has 0 atom stereocenters. The van der Waals surface area contributed by atoms with Crippen LogP contribution in [-0.4, -0.2) is 8.42 Å². The van der Waals surface area contributed by atoms with Gasteiger partial charge in [0.25, 0.3) is 0 Å². The van der Waals surface area contributed by atoms with E-state index >= 15 is 0 Å². The zero-order valence-electron chi connectivity index (χ0n) is 10.4. The van der Waals surface area contributed by atoms with Crippen LogP contribution in [0.2, 0.25) is 5.02 Å². The van der Waals surface area contributed by atoms with Crippen molar-refractivity contribution in [1.29, 1.82) is 0 Å². The van der Waals surface area contributed by atoms with E-state index in [1.165, 1.54) is 12.1 Å². The minimum absolute atomic E-state index is 0.169. The highest BCUT2D eigenvalue weighted by atomic mass is 35.5. The Morgan fingerprint density at radius 2 is 1.57 bits per heavy atom. The van der Waals surface area contributed by atoms with Crippen LogP contribution in [0.15, 0.2) is 52.3 Å². The van der Waals surface area contributed by atoms with Gasteiger partial charge in [-0.3, -0.25) is 0 Å². The highest BCUT2D eigenvalue weighted by Gasteiger charge is 2.37. The molecule has 0 aliphatic heterocycles. The van der Waals surface area contributed by atoms with Crippen molar-refractivity contribution in [2.24, 2.45) is 0 Å². The van der Waals surface area contributed by atoms with E-state index in [4.69, 9.17) is 17.3 Å². The van der Waals surface area contributed by atoms with Crippen LogP contribution in [0.3, 0.4) is 0 Å². The second kappa shape index (κ2) is 5.23. The number of hydrogen-bond acceptors (Lipinski definition) is 3. The van der Waals surface area contributed by atoms with Gasteiger partial charge in [-0.1, -0.05) is 11.6 Å². The number of sulfone groups is 1. The Morgan fingerprint density at radius 3 is 2.10 bits per heavy atom. The van der Waals surface area contributed by atoms with Crippen molar-refractivity contribution < 1.29 is 21.6 Å². The summed E-state index contributed by atoms with van der Waals surface area (Å²) in [5.41, 5.74) is 3.85. The third kappa shape index (κ3) is 3.14. The maximum absolute atomic E-state index is 13.0. The molecule has 0 unspecified atom stereocenters. The Balaban J connectivity index is 2.68. The molecular weight excluding hydrogens is 327 g/mol. The molecule has 0 aromatic heterocycles. The zero-order chi connectivity index (χ0) is 15.8. The van der Waals surface area contributed by atoms with Crippen molar-refractivity contribution >= 4 is 27.1 Å². The predicted octanol–water partition coefficient (Wildman–Crippen LogP) is 3.77. The first kappa shape index (κ1) is 15.7. The number of anilines is 1. The molecule has 0 aliphatic carbocycles. The van der Waals surface area contributed by atoms with Gasteiger partial charge >= 0.3 is 6.18 Å². The van der Waals surface area contributed by atoms with Crippen LogP contribution in [0, 0.1) is 0 Å². The quantitative estimate of drug-likeness (QED) is 0.850. The van der Waals surface area contributed by atoms with Crippen molar-refractivity contribution in [2.75, 3.05) is 5.73 Å². The highest BCUT2D eigenvalue weighted by molar-refractivity contribution is 7.91. The summed E-state index contributed by atoms with van der Waals surface area (Å²) in [5, 5.41) is 0.280. The first-order chi connectivity index (χ1) is 9.62. The second-order valence-electron chi connectivity index (χ2n) is 4.21. The summed E-state index contributed by atoms with van der Waals surface area (Å²) in [6, 6.07) is 7.43. The lowest BCUT2D eigenvalue weighted by Crippen LogP contribution is -2.14. The molecule has 0 heterocycles. The molecule has 112 valence electrons. The van der Waals surface area contributed by atoms with Gasteiger partial charge in [0.1, 0.15) is 0 Å². The monoisotopic (exact) mass is 335 g/mol. The topological polar surface area (TPSA) is 60.2 Å². The van der Waals surface area contributed by atoms with E-state index in [-0.39, 0.29) is 15.6 Å². The fraction of sp³-hybridized carbons (Fsp3) is 0.0769. The molecule has 0 saturated heterocycles. The van der Waals surface area contributed by atoms with Crippen LogP contribution in [0.25, 0.3) is 0 Å². The highest BCUT2D eigenvalue weighted by Crippen LogP contribution is 2.37. The van der Waals surface area contributed by atoms with Gasteiger partial charge in [0.05, 0.1) is 15.4 Å². The number of nitrogen functional groups attached to an aromatic ring is 1. The summed E-state index contributed by atoms with van der Waals surface area (Å²) in [6.45, 7) is 0. The molecule has 0 aliphatic rings. The van der Waals surface area contributed by atoms with Gasteiger partial charge in [-0.15, -0.1) is 0 Å². The molecule has 2 aromatic carbocycles. The fourth-order valence-electron chi connectivity index (χ4n) is 1.74. The maximum Gasteiger partial charge on any atom is 0.417 e. The third-order valence-electron chi connectivity index (χ3n) is 2.72. The van der Waals surface area contributed by atoms with Crippen molar-refractivity contribution in [3.8, 4) is 0 Å². The molecule has 2 N–H and O–H groups in total. The molecule has 2 aromatic rings. The second-order valence-corrected chi connectivity index (χ2v) is 6.57.